The number of phenols is 2. The topological polar surface area (TPSA) is 115 Å². The maximum atomic E-state index is 13.2. The summed E-state index contributed by atoms with van der Waals surface area (Å²) in [5.74, 6) is -1.91. The second kappa shape index (κ2) is 9.28. The lowest BCUT2D eigenvalue weighted by molar-refractivity contribution is 0.0910. The predicted molar refractivity (Wildman–Crippen MR) is 156 cm³/mol. The molecule has 8 nitrogen and oxygen atoms in total. The van der Waals surface area contributed by atoms with E-state index in [1.54, 1.807) is 60.7 Å². The second-order valence-electron chi connectivity index (χ2n) is 10.0. The SMILES string of the molecule is O=C1c2ccc(-c3ccc(-c4ccc5c(c4)C(=O)N(c4cccc(O)c4)C5=O)cc3)cc2C(=O)N1c1cccc(O)c1. The smallest absolute Gasteiger partial charge is 0.266 e. The van der Waals surface area contributed by atoms with Crippen LogP contribution in [0.2, 0.25) is 0 Å². The third-order valence-electron chi connectivity index (χ3n) is 7.50. The molecule has 0 atom stereocenters. The number of hydrogen-bond donors (Lipinski definition) is 2. The van der Waals surface area contributed by atoms with Gasteiger partial charge in [-0.3, -0.25) is 19.2 Å². The van der Waals surface area contributed by atoms with E-state index in [2.05, 4.69) is 0 Å². The molecule has 0 saturated heterocycles. The average molecular weight is 553 g/mol. The Morgan fingerprint density at radius 2 is 0.738 bits per heavy atom. The summed E-state index contributed by atoms with van der Waals surface area (Å²) in [6.07, 6.45) is 0. The van der Waals surface area contributed by atoms with E-state index in [1.807, 2.05) is 24.3 Å². The van der Waals surface area contributed by atoms with Crippen molar-refractivity contribution in [2.75, 3.05) is 9.80 Å². The van der Waals surface area contributed by atoms with Gasteiger partial charge in [-0.15, -0.1) is 0 Å². The number of fused-ring (bicyclic) bond motifs is 2. The first-order valence-corrected chi connectivity index (χ1v) is 13.0. The largest absolute Gasteiger partial charge is 0.508 e. The van der Waals surface area contributed by atoms with E-state index in [0.29, 0.717) is 22.5 Å². The Balaban J connectivity index is 1.16. The van der Waals surface area contributed by atoms with Crippen LogP contribution in [0.4, 0.5) is 11.4 Å². The fourth-order valence-corrected chi connectivity index (χ4v) is 5.43. The molecule has 0 aliphatic carbocycles. The summed E-state index contributed by atoms with van der Waals surface area (Å²) in [7, 11) is 0. The molecule has 0 unspecified atom stereocenters. The quantitative estimate of drug-likeness (QED) is 0.263. The Bertz CT molecular complexity index is 1850. The highest BCUT2D eigenvalue weighted by molar-refractivity contribution is 6.35. The molecule has 4 amide bonds. The van der Waals surface area contributed by atoms with Crippen molar-refractivity contribution in [1.82, 2.24) is 0 Å². The number of nitrogens with zero attached hydrogens (tertiary/aromatic N) is 2. The molecule has 2 aliphatic rings. The number of aromatic hydroxyl groups is 2. The summed E-state index contributed by atoms with van der Waals surface area (Å²) in [4.78, 5) is 54.4. The number of carbonyl (C=O) groups excluding carboxylic acids is 4. The molecule has 0 fully saturated rings. The highest BCUT2D eigenvalue weighted by atomic mass is 16.3. The van der Waals surface area contributed by atoms with Gasteiger partial charge in [-0.2, -0.15) is 0 Å². The number of amides is 4. The number of anilines is 2. The van der Waals surface area contributed by atoms with Crippen molar-refractivity contribution >= 4 is 35.0 Å². The van der Waals surface area contributed by atoms with Crippen LogP contribution < -0.4 is 9.80 Å². The van der Waals surface area contributed by atoms with Gasteiger partial charge in [-0.05, 0) is 70.8 Å². The summed E-state index contributed by atoms with van der Waals surface area (Å²) in [6, 6.07) is 29.7. The molecule has 0 radical (unpaired) electrons. The van der Waals surface area contributed by atoms with Gasteiger partial charge in [0.25, 0.3) is 23.6 Å². The maximum Gasteiger partial charge on any atom is 0.266 e. The number of hydrogen-bond acceptors (Lipinski definition) is 6. The molecule has 8 heteroatoms. The minimum Gasteiger partial charge on any atom is -0.508 e. The summed E-state index contributed by atoms with van der Waals surface area (Å²) >= 11 is 0. The molecular formula is C34H20N2O6. The number of phenolic OH excluding ortho intramolecular Hbond substituents is 2. The van der Waals surface area contributed by atoms with Crippen LogP contribution in [0.5, 0.6) is 11.5 Å². The van der Waals surface area contributed by atoms with Crippen molar-refractivity contribution in [2.45, 2.75) is 0 Å². The van der Waals surface area contributed by atoms with Crippen LogP contribution in [0.3, 0.4) is 0 Å². The van der Waals surface area contributed by atoms with Crippen LogP contribution in [-0.4, -0.2) is 33.8 Å². The molecular weight excluding hydrogens is 532 g/mol. The minimum absolute atomic E-state index is 0.0435. The summed E-state index contributed by atoms with van der Waals surface area (Å²) in [5.41, 5.74) is 4.87. The summed E-state index contributed by atoms with van der Waals surface area (Å²) in [5, 5.41) is 19.6. The van der Waals surface area contributed by atoms with Gasteiger partial charge >= 0.3 is 0 Å². The van der Waals surface area contributed by atoms with Crippen molar-refractivity contribution in [1.29, 1.82) is 0 Å². The highest BCUT2D eigenvalue weighted by Gasteiger charge is 2.38. The predicted octanol–water partition coefficient (Wildman–Crippen LogP) is 6.03. The Morgan fingerprint density at radius 1 is 0.381 bits per heavy atom. The molecule has 0 aromatic heterocycles. The van der Waals surface area contributed by atoms with Crippen LogP contribution in [0.25, 0.3) is 22.3 Å². The van der Waals surface area contributed by atoms with E-state index in [9.17, 15) is 29.4 Å². The van der Waals surface area contributed by atoms with Crippen LogP contribution in [0.15, 0.2) is 109 Å². The third kappa shape index (κ3) is 3.85. The van der Waals surface area contributed by atoms with Crippen molar-refractivity contribution in [3.05, 3.63) is 131 Å². The van der Waals surface area contributed by atoms with E-state index in [1.165, 1.54) is 24.3 Å². The van der Waals surface area contributed by atoms with E-state index >= 15 is 0 Å². The molecule has 5 aromatic carbocycles. The van der Waals surface area contributed by atoms with Gasteiger partial charge in [0.2, 0.25) is 0 Å². The van der Waals surface area contributed by atoms with Gasteiger partial charge in [0.1, 0.15) is 11.5 Å². The zero-order valence-electron chi connectivity index (χ0n) is 21.8. The van der Waals surface area contributed by atoms with Crippen LogP contribution in [0.1, 0.15) is 41.4 Å². The van der Waals surface area contributed by atoms with E-state index < -0.39 is 23.6 Å². The maximum absolute atomic E-state index is 13.2. The highest BCUT2D eigenvalue weighted by Crippen LogP contribution is 2.35. The first-order chi connectivity index (χ1) is 20.3. The molecule has 2 aliphatic heterocycles. The van der Waals surface area contributed by atoms with Crippen LogP contribution >= 0.6 is 0 Å². The number of imide groups is 2. The number of carbonyl (C=O) groups is 4. The Hall–Kier alpha value is -6.02. The molecule has 202 valence electrons. The summed E-state index contributed by atoms with van der Waals surface area (Å²) in [6.45, 7) is 0. The molecule has 2 N–H and O–H groups in total. The van der Waals surface area contributed by atoms with Crippen LogP contribution in [-0.2, 0) is 0 Å². The van der Waals surface area contributed by atoms with Gasteiger partial charge in [0.05, 0.1) is 33.6 Å². The monoisotopic (exact) mass is 552 g/mol. The zero-order valence-corrected chi connectivity index (χ0v) is 21.8. The van der Waals surface area contributed by atoms with Crippen molar-refractivity contribution in [3.8, 4) is 33.8 Å². The van der Waals surface area contributed by atoms with E-state index in [0.717, 1.165) is 32.1 Å². The zero-order chi connectivity index (χ0) is 29.1. The Labute approximate surface area is 239 Å². The van der Waals surface area contributed by atoms with E-state index in [-0.39, 0.29) is 22.6 Å². The lowest BCUT2D eigenvalue weighted by atomic mass is 9.96. The first kappa shape index (κ1) is 25.0. The molecule has 0 bridgehead atoms. The average Bonchev–Trinajstić information content (AvgIpc) is 3.40. The third-order valence-corrected chi connectivity index (χ3v) is 7.50. The van der Waals surface area contributed by atoms with Gasteiger partial charge in [0.15, 0.2) is 0 Å². The fraction of sp³-hybridized carbons (Fsp3) is 0. The molecule has 2 heterocycles. The van der Waals surface area contributed by atoms with Gasteiger partial charge < -0.3 is 10.2 Å². The molecule has 7 rings (SSSR count). The first-order valence-electron chi connectivity index (χ1n) is 13.0. The lowest BCUT2D eigenvalue weighted by Gasteiger charge is -2.13. The Morgan fingerprint density at radius 3 is 1.12 bits per heavy atom. The normalized spacial score (nSPS) is 14.0. The van der Waals surface area contributed by atoms with Gasteiger partial charge in [-0.25, -0.2) is 9.80 Å². The van der Waals surface area contributed by atoms with E-state index in [4.69, 9.17) is 0 Å². The van der Waals surface area contributed by atoms with Gasteiger partial charge in [-0.1, -0.05) is 48.5 Å². The molecule has 42 heavy (non-hydrogen) atoms. The number of benzene rings is 5. The van der Waals surface area contributed by atoms with Crippen molar-refractivity contribution in [2.24, 2.45) is 0 Å². The van der Waals surface area contributed by atoms with Crippen LogP contribution in [0, 0.1) is 0 Å². The lowest BCUT2D eigenvalue weighted by Crippen LogP contribution is -2.29. The van der Waals surface area contributed by atoms with Crippen molar-refractivity contribution < 1.29 is 29.4 Å². The number of rotatable bonds is 4. The summed E-state index contributed by atoms with van der Waals surface area (Å²) < 4.78 is 0. The molecule has 0 spiro atoms. The molecule has 5 aromatic rings. The molecule has 0 saturated carbocycles. The Kier molecular flexibility index (Phi) is 5.52. The minimum atomic E-state index is -0.462. The van der Waals surface area contributed by atoms with Gasteiger partial charge in [0, 0.05) is 12.1 Å². The second-order valence-corrected chi connectivity index (χ2v) is 10.0. The fourth-order valence-electron chi connectivity index (χ4n) is 5.43. The van der Waals surface area contributed by atoms with Crippen molar-refractivity contribution in [3.63, 3.8) is 0 Å². The standard InChI is InChI=1S/C34H20N2O6/c37-25-5-1-3-23(17-25)35-31(39)27-13-11-21(15-29(27)33(35)41)19-7-9-20(10-8-19)22-12-14-28-30(16-22)34(42)36(32(28)40)24-4-2-6-26(38)18-24/h1-18,37-38H.